The van der Waals surface area contributed by atoms with Gasteiger partial charge in [0, 0.05) is 6.04 Å². The maximum Gasteiger partial charge on any atom is 0.253 e. The molecule has 1 N–H and O–H groups in total. The quantitative estimate of drug-likeness (QED) is 0.904. The van der Waals surface area contributed by atoms with Crippen LogP contribution in [0.5, 0.6) is 0 Å². The van der Waals surface area contributed by atoms with Crippen LogP contribution in [0.25, 0.3) is 0 Å². The van der Waals surface area contributed by atoms with Gasteiger partial charge in [0.25, 0.3) is 5.91 Å². The minimum atomic E-state index is -0.269. The molecule has 1 aliphatic rings. The van der Waals surface area contributed by atoms with Gasteiger partial charge in [-0.3, -0.25) is 4.79 Å². The highest BCUT2D eigenvalue weighted by Crippen LogP contribution is 2.28. The molecule has 1 fully saturated rings. The van der Waals surface area contributed by atoms with Crippen LogP contribution in [0.2, 0.25) is 10.0 Å². The summed E-state index contributed by atoms with van der Waals surface area (Å²) in [5.41, 5.74) is 0.354. The van der Waals surface area contributed by atoms with Crippen molar-refractivity contribution >= 4 is 29.1 Å². The summed E-state index contributed by atoms with van der Waals surface area (Å²) in [7, 11) is 0. The fourth-order valence-corrected chi connectivity index (χ4v) is 2.60. The first-order chi connectivity index (χ1) is 8.63. The molecule has 1 saturated carbocycles. The fraction of sp³-hybridized carbons (Fsp3) is 0.385. The number of nitriles is 1. The molecule has 1 aromatic rings. The first-order valence-corrected chi connectivity index (χ1v) is 6.53. The minimum absolute atomic E-state index is 0.0856. The van der Waals surface area contributed by atoms with E-state index in [0.29, 0.717) is 10.6 Å². The number of carbonyl (C=O) groups excluding carboxylic acids is 1. The number of nitrogens with zero attached hydrogens (tertiary/aromatic N) is 1. The van der Waals surface area contributed by atoms with E-state index in [0.717, 1.165) is 19.3 Å². The summed E-state index contributed by atoms with van der Waals surface area (Å²) >= 11 is 11.9. The predicted molar refractivity (Wildman–Crippen MR) is 70.7 cm³/mol. The third-order valence-electron chi connectivity index (χ3n) is 3.19. The maximum atomic E-state index is 12.1. The molecule has 0 aromatic heterocycles. The van der Waals surface area contributed by atoms with E-state index < -0.39 is 0 Å². The lowest BCUT2D eigenvalue weighted by Gasteiger charge is -2.16. The zero-order valence-corrected chi connectivity index (χ0v) is 11.1. The van der Waals surface area contributed by atoms with Gasteiger partial charge in [0.1, 0.15) is 0 Å². The first-order valence-electron chi connectivity index (χ1n) is 5.78. The van der Waals surface area contributed by atoms with Crippen molar-refractivity contribution in [2.45, 2.75) is 25.3 Å². The predicted octanol–water partition coefficient (Wildman–Crippen LogP) is 3.42. The second-order valence-electron chi connectivity index (χ2n) is 4.35. The Balaban J connectivity index is 2.13. The zero-order valence-electron chi connectivity index (χ0n) is 9.62. The number of amides is 1. The largest absolute Gasteiger partial charge is 0.348 e. The lowest BCUT2D eigenvalue weighted by Crippen LogP contribution is -2.37. The average Bonchev–Trinajstić information content (AvgIpc) is 2.79. The molecule has 5 heteroatoms. The Bertz CT molecular complexity index is 510. The van der Waals surface area contributed by atoms with Gasteiger partial charge in [-0.15, -0.1) is 0 Å². The van der Waals surface area contributed by atoms with Gasteiger partial charge in [-0.2, -0.15) is 5.26 Å². The SMILES string of the molecule is N#CC1CCCC1NC(=O)c1cccc(Cl)c1Cl. The van der Waals surface area contributed by atoms with Crippen molar-refractivity contribution in [3.63, 3.8) is 0 Å². The second kappa shape index (κ2) is 5.60. The Hall–Kier alpha value is -1.24. The monoisotopic (exact) mass is 282 g/mol. The van der Waals surface area contributed by atoms with Gasteiger partial charge in [0.15, 0.2) is 0 Å². The number of benzene rings is 1. The molecule has 94 valence electrons. The Morgan fingerprint density at radius 2 is 2.17 bits per heavy atom. The van der Waals surface area contributed by atoms with Gasteiger partial charge < -0.3 is 5.32 Å². The summed E-state index contributed by atoms with van der Waals surface area (Å²) in [6.45, 7) is 0. The van der Waals surface area contributed by atoms with E-state index in [4.69, 9.17) is 28.5 Å². The fourth-order valence-electron chi connectivity index (χ4n) is 2.21. The molecule has 0 spiro atoms. The number of rotatable bonds is 2. The Kier molecular flexibility index (Phi) is 4.11. The second-order valence-corrected chi connectivity index (χ2v) is 5.13. The van der Waals surface area contributed by atoms with Gasteiger partial charge >= 0.3 is 0 Å². The lowest BCUT2D eigenvalue weighted by atomic mass is 10.1. The lowest BCUT2D eigenvalue weighted by molar-refractivity contribution is 0.0933. The summed E-state index contributed by atoms with van der Waals surface area (Å²) in [5.74, 6) is -0.374. The summed E-state index contributed by atoms with van der Waals surface area (Å²) in [6.07, 6.45) is 2.64. The third-order valence-corrected chi connectivity index (χ3v) is 4.01. The van der Waals surface area contributed by atoms with Gasteiger partial charge in [-0.05, 0) is 31.4 Å². The van der Waals surface area contributed by atoms with E-state index in [1.54, 1.807) is 18.2 Å². The molecule has 2 rings (SSSR count). The van der Waals surface area contributed by atoms with Crippen LogP contribution >= 0.6 is 23.2 Å². The van der Waals surface area contributed by atoms with E-state index in [1.165, 1.54) is 0 Å². The molecule has 3 nitrogen and oxygen atoms in total. The summed E-state index contributed by atoms with van der Waals surface area (Å²) in [6, 6.07) is 7.08. The van der Waals surface area contributed by atoms with Crippen LogP contribution in [0.15, 0.2) is 18.2 Å². The summed E-state index contributed by atoms with van der Waals surface area (Å²) < 4.78 is 0. The van der Waals surface area contributed by atoms with E-state index in [-0.39, 0.29) is 22.9 Å². The molecule has 0 radical (unpaired) electrons. The third kappa shape index (κ3) is 2.60. The van der Waals surface area contributed by atoms with E-state index in [1.807, 2.05) is 0 Å². The minimum Gasteiger partial charge on any atom is -0.348 e. The highest BCUT2D eigenvalue weighted by atomic mass is 35.5. The van der Waals surface area contributed by atoms with Gasteiger partial charge in [0.05, 0.1) is 27.6 Å². The van der Waals surface area contributed by atoms with Crippen molar-refractivity contribution < 1.29 is 4.79 Å². The van der Waals surface area contributed by atoms with E-state index in [2.05, 4.69) is 11.4 Å². The van der Waals surface area contributed by atoms with E-state index >= 15 is 0 Å². The highest BCUT2D eigenvalue weighted by Gasteiger charge is 2.29. The molecule has 2 unspecified atom stereocenters. The van der Waals surface area contributed by atoms with Crippen LogP contribution in [0.3, 0.4) is 0 Å². The summed E-state index contributed by atoms with van der Waals surface area (Å²) in [4.78, 5) is 12.1. The zero-order chi connectivity index (χ0) is 13.1. The molecule has 0 saturated heterocycles. The van der Waals surface area contributed by atoms with Crippen molar-refractivity contribution in [1.29, 1.82) is 5.26 Å². The molecule has 0 heterocycles. The molecule has 0 aliphatic heterocycles. The van der Waals surface area contributed by atoms with Gasteiger partial charge in [-0.1, -0.05) is 29.3 Å². The van der Waals surface area contributed by atoms with Crippen LogP contribution in [-0.4, -0.2) is 11.9 Å². The number of carbonyl (C=O) groups is 1. The van der Waals surface area contributed by atoms with Crippen molar-refractivity contribution in [3.8, 4) is 6.07 Å². The molecular weight excluding hydrogens is 271 g/mol. The molecule has 18 heavy (non-hydrogen) atoms. The molecule has 2 atom stereocenters. The highest BCUT2D eigenvalue weighted by molar-refractivity contribution is 6.43. The van der Waals surface area contributed by atoms with Crippen molar-refractivity contribution in [2.24, 2.45) is 5.92 Å². The number of hydrogen-bond acceptors (Lipinski definition) is 2. The van der Waals surface area contributed by atoms with Gasteiger partial charge in [-0.25, -0.2) is 0 Å². The standard InChI is InChI=1S/C13H12Cl2N2O/c14-10-5-2-4-9(12(10)15)13(18)17-11-6-1-3-8(11)7-16/h2,4-5,8,11H,1,3,6H2,(H,17,18). The topological polar surface area (TPSA) is 52.9 Å². The first kappa shape index (κ1) is 13.2. The summed E-state index contributed by atoms with van der Waals surface area (Å²) in [5, 5.41) is 12.4. The molecule has 1 amide bonds. The number of hydrogen-bond donors (Lipinski definition) is 1. The smallest absolute Gasteiger partial charge is 0.253 e. The number of halogens is 2. The molecule has 1 aromatic carbocycles. The van der Waals surface area contributed by atoms with Crippen LogP contribution < -0.4 is 5.32 Å². The Morgan fingerprint density at radius 1 is 1.39 bits per heavy atom. The van der Waals surface area contributed by atoms with Crippen LogP contribution in [0.4, 0.5) is 0 Å². The molecular formula is C13H12Cl2N2O. The number of nitrogens with one attached hydrogen (secondary N) is 1. The van der Waals surface area contributed by atoms with Gasteiger partial charge in [0.2, 0.25) is 0 Å². The van der Waals surface area contributed by atoms with Crippen LogP contribution in [0, 0.1) is 17.2 Å². The normalized spacial score (nSPS) is 22.5. The average molecular weight is 283 g/mol. The van der Waals surface area contributed by atoms with Crippen molar-refractivity contribution in [1.82, 2.24) is 5.32 Å². The Morgan fingerprint density at radius 3 is 2.89 bits per heavy atom. The Labute approximate surface area is 116 Å². The van der Waals surface area contributed by atoms with Crippen molar-refractivity contribution in [3.05, 3.63) is 33.8 Å². The van der Waals surface area contributed by atoms with Crippen LogP contribution in [0.1, 0.15) is 29.6 Å². The maximum absolute atomic E-state index is 12.1. The van der Waals surface area contributed by atoms with Crippen LogP contribution in [-0.2, 0) is 0 Å². The van der Waals surface area contributed by atoms with E-state index in [9.17, 15) is 4.79 Å². The molecule has 1 aliphatic carbocycles. The molecule has 0 bridgehead atoms. The van der Waals surface area contributed by atoms with Crippen molar-refractivity contribution in [2.75, 3.05) is 0 Å².